The Kier molecular flexibility index (Phi) is 4.89. The predicted octanol–water partition coefficient (Wildman–Crippen LogP) is 3.91. The average molecular weight is 279 g/mol. The first-order chi connectivity index (χ1) is 9.24. The largest absolute Gasteiger partial charge is 0.366 e. The summed E-state index contributed by atoms with van der Waals surface area (Å²) in [5.41, 5.74) is 4.50. The van der Waals surface area contributed by atoms with Gasteiger partial charge >= 0.3 is 0 Å². The van der Waals surface area contributed by atoms with Gasteiger partial charge in [-0.05, 0) is 24.5 Å². The molecule has 1 aromatic rings. The van der Waals surface area contributed by atoms with Crippen molar-refractivity contribution in [1.29, 1.82) is 0 Å². The molecule has 104 valence electrons. The lowest BCUT2D eigenvalue weighted by molar-refractivity contribution is 0.309. The van der Waals surface area contributed by atoms with Crippen LogP contribution in [0.4, 0.5) is 5.69 Å². The molecule has 1 N–H and O–H groups in total. The van der Waals surface area contributed by atoms with Gasteiger partial charge in [-0.2, -0.15) is 0 Å². The van der Waals surface area contributed by atoms with E-state index in [1.807, 2.05) is 6.08 Å². The topological polar surface area (TPSA) is 15.3 Å². The molecule has 1 aliphatic heterocycles. The van der Waals surface area contributed by atoms with Crippen LogP contribution in [0.3, 0.4) is 0 Å². The Balaban J connectivity index is 2.34. The molecule has 0 atom stereocenters. The second-order valence-corrected chi connectivity index (χ2v) is 5.46. The van der Waals surface area contributed by atoms with Crippen LogP contribution < -0.4 is 10.2 Å². The van der Waals surface area contributed by atoms with Crippen LogP contribution >= 0.6 is 11.6 Å². The molecule has 0 spiro atoms. The minimum absolute atomic E-state index is 0.194. The van der Waals surface area contributed by atoms with Crippen LogP contribution in [0.2, 0.25) is 0 Å². The van der Waals surface area contributed by atoms with Gasteiger partial charge in [0.1, 0.15) is 0 Å². The van der Waals surface area contributed by atoms with Crippen molar-refractivity contribution in [2.45, 2.75) is 38.8 Å². The van der Waals surface area contributed by atoms with Crippen LogP contribution in [-0.2, 0) is 6.54 Å². The van der Waals surface area contributed by atoms with E-state index in [1.165, 1.54) is 11.3 Å². The van der Waals surface area contributed by atoms with Crippen LogP contribution in [0.1, 0.15) is 32.3 Å². The van der Waals surface area contributed by atoms with Gasteiger partial charge < -0.3 is 10.2 Å². The number of hydrogen-bond acceptors (Lipinski definition) is 2. The maximum Gasteiger partial charge on any atom is 0.0415 e. The van der Waals surface area contributed by atoms with Gasteiger partial charge in [0.15, 0.2) is 0 Å². The number of nitrogens with one attached hydrogen (secondary N) is 1. The minimum Gasteiger partial charge on any atom is -0.366 e. The van der Waals surface area contributed by atoms with Crippen molar-refractivity contribution < 1.29 is 0 Å². The Bertz CT molecular complexity index is 438. The van der Waals surface area contributed by atoms with Gasteiger partial charge in [0.25, 0.3) is 0 Å². The molecule has 0 saturated heterocycles. The molecule has 3 heteroatoms. The van der Waals surface area contributed by atoms with Crippen molar-refractivity contribution in [3.05, 3.63) is 41.4 Å². The fourth-order valence-corrected chi connectivity index (χ4v) is 2.89. The summed E-state index contributed by atoms with van der Waals surface area (Å²) in [4.78, 5) is 2.43. The summed E-state index contributed by atoms with van der Waals surface area (Å²) >= 11 is 5.70. The molecule has 19 heavy (non-hydrogen) atoms. The molecule has 0 aliphatic carbocycles. The highest BCUT2D eigenvalue weighted by molar-refractivity contribution is 6.25. The molecule has 0 bridgehead atoms. The van der Waals surface area contributed by atoms with Crippen LogP contribution in [-0.4, -0.2) is 18.6 Å². The average Bonchev–Trinajstić information content (AvgIpc) is 2.63. The number of hydrogen-bond donors (Lipinski definition) is 1. The molecular weight excluding hydrogens is 256 g/mol. The third-order valence-electron chi connectivity index (χ3n) is 4.25. The van der Waals surface area contributed by atoms with Gasteiger partial charge in [0, 0.05) is 36.4 Å². The summed E-state index contributed by atoms with van der Waals surface area (Å²) in [6.07, 6.45) is 4.29. The van der Waals surface area contributed by atoms with Crippen molar-refractivity contribution in [2.75, 3.05) is 18.0 Å². The van der Waals surface area contributed by atoms with Gasteiger partial charge in [-0.25, -0.2) is 0 Å². The highest BCUT2D eigenvalue weighted by Gasteiger charge is 2.31. The standard InChI is InChI=1S/C16H23ClN2/c1-3-16(4-2)13-19(11-7-10-17)15-9-6-5-8-14(15)12-18-16/h5-10,18H,3-4,11-13H2,1-2H3/b10-7+. The van der Waals surface area contributed by atoms with Crippen molar-refractivity contribution in [2.24, 2.45) is 0 Å². The molecule has 0 unspecified atom stereocenters. The number of rotatable bonds is 4. The summed E-state index contributed by atoms with van der Waals surface area (Å²) in [5, 5.41) is 3.76. The Morgan fingerprint density at radius 2 is 2.05 bits per heavy atom. The summed E-state index contributed by atoms with van der Waals surface area (Å²) in [5.74, 6) is 0. The first kappa shape index (κ1) is 14.4. The van der Waals surface area contributed by atoms with Crippen LogP contribution in [0.15, 0.2) is 35.9 Å². The monoisotopic (exact) mass is 278 g/mol. The molecular formula is C16H23ClN2. The molecule has 2 rings (SSSR count). The van der Waals surface area contributed by atoms with E-state index in [9.17, 15) is 0 Å². The number of anilines is 1. The molecule has 1 aromatic carbocycles. The number of nitrogens with zero attached hydrogens (tertiary/aromatic N) is 1. The van der Waals surface area contributed by atoms with Crippen molar-refractivity contribution in [3.8, 4) is 0 Å². The third kappa shape index (κ3) is 3.13. The van der Waals surface area contributed by atoms with Crippen LogP contribution in [0.5, 0.6) is 0 Å². The Hall–Kier alpha value is -0.990. The number of halogens is 1. The van der Waals surface area contributed by atoms with E-state index in [2.05, 4.69) is 48.3 Å². The quantitative estimate of drug-likeness (QED) is 0.898. The first-order valence-corrected chi connectivity index (χ1v) is 7.51. The van der Waals surface area contributed by atoms with E-state index in [0.29, 0.717) is 0 Å². The van der Waals surface area contributed by atoms with E-state index in [0.717, 1.165) is 32.5 Å². The summed E-state index contributed by atoms with van der Waals surface area (Å²) in [6, 6.07) is 8.64. The van der Waals surface area contributed by atoms with Gasteiger partial charge in [-0.1, -0.05) is 49.7 Å². The summed E-state index contributed by atoms with van der Waals surface area (Å²) in [7, 11) is 0. The molecule has 1 heterocycles. The highest BCUT2D eigenvalue weighted by atomic mass is 35.5. The van der Waals surface area contributed by atoms with E-state index < -0.39 is 0 Å². The van der Waals surface area contributed by atoms with Crippen molar-refractivity contribution >= 4 is 17.3 Å². The van der Waals surface area contributed by atoms with Crippen molar-refractivity contribution in [3.63, 3.8) is 0 Å². The van der Waals surface area contributed by atoms with Crippen LogP contribution in [0, 0.1) is 0 Å². The zero-order chi connectivity index (χ0) is 13.7. The summed E-state index contributed by atoms with van der Waals surface area (Å²) in [6.45, 7) is 7.37. The molecule has 1 aliphatic rings. The molecule has 0 amide bonds. The van der Waals surface area contributed by atoms with Gasteiger partial charge in [0.2, 0.25) is 0 Å². The molecule has 0 fully saturated rings. The molecule has 0 aromatic heterocycles. The second-order valence-electron chi connectivity index (χ2n) is 5.21. The van der Waals surface area contributed by atoms with E-state index in [1.54, 1.807) is 5.54 Å². The van der Waals surface area contributed by atoms with E-state index in [4.69, 9.17) is 11.6 Å². The smallest absolute Gasteiger partial charge is 0.0415 e. The third-order valence-corrected chi connectivity index (χ3v) is 4.43. The minimum atomic E-state index is 0.194. The van der Waals surface area contributed by atoms with E-state index in [-0.39, 0.29) is 5.54 Å². The zero-order valence-electron chi connectivity index (χ0n) is 11.8. The number of fused-ring (bicyclic) bond motifs is 1. The lowest BCUT2D eigenvalue weighted by Crippen LogP contribution is -2.51. The SMILES string of the molecule is CCC1(CC)CN(C/C=C/Cl)c2ccccc2CN1. The fraction of sp³-hybridized carbons (Fsp3) is 0.500. The normalized spacial score (nSPS) is 18.4. The Labute approximate surface area is 121 Å². The van der Waals surface area contributed by atoms with Crippen molar-refractivity contribution in [1.82, 2.24) is 5.32 Å². The number of para-hydroxylation sites is 1. The van der Waals surface area contributed by atoms with E-state index >= 15 is 0 Å². The molecule has 0 saturated carbocycles. The lowest BCUT2D eigenvalue weighted by atomic mass is 9.92. The van der Waals surface area contributed by atoms with Gasteiger partial charge in [-0.15, -0.1) is 0 Å². The summed E-state index contributed by atoms with van der Waals surface area (Å²) < 4.78 is 0. The maximum absolute atomic E-state index is 5.70. The number of benzene rings is 1. The Morgan fingerprint density at radius 3 is 2.74 bits per heavy atom. The molecule has 0 radical (unpaired) electrons. The van der Waals surface area contributed by atoms with Crippen LogP contribution in [0.25, 0.3) is 0 Å². The highest BCUT2D eigenvalue weighted by Crippen LogP contribution is 2.29. The fourth-order valence-electron chi connectivity index (χ4n) is 2.81. The lowest BCUT2D eigenvalue weighted by Gasteiger charge is -2.36. The Morgan fingerprint density at radius 1 is 1.32 bits per heavy atom. The zero-order valence-corrected chi connectivity index (χ0v) is 12.6. The van der Waals surface area contributed by atoms with Gasteiger partial charge in [0.05, 0.1) is 0 Å². The first-order valence-electron chi connectivity index (χ1n) is 7.08. The predicted molar refractivity (Wildman–Crippen MR) is 83.8 cm³/mol. The second kappa shape index (κ2) is 6.44. The maximum atomic E-state index is 5.70. The van der Waals surface area contributed by atoms with Gasteiger partial charge in [-0.3, -0.25) is 0 Å². The molecule has 2 nitrogen and oxygen atoms in total.